The molecule has 1 rings (SSSR count). The number of hydrazine groups is 1. The monoisotopic (exact) mass is 270 g/mol. The molecule has 1 amide bonds. The van der Waals surface area contributed by atoms with Crippen LogP contribution in [-0.4, -0.2) is 22.7 Å². The molecule has 0 aromatic carbocycles. The van der Waals surface area contributed by atoms with Crippen molar-refractivity contribution in [3.63, 3.8) is 0 Å². The number of halogens is 1. The molecule has 0 atom stereocenters. The van der Waals surface area contributed by atoms with Gasteiger partial charge < -0.3 is 5.32 Å². The number of pyridine rings is 1. The maximum atomic E-state index is 11.7. The van der Waals surface area contributed by atoms with Gasteiger partial charge in [0.2, 0.25) is 0 Å². The molecule has 6 nitrogen and oxygen atoms in total. The molecule has 1 aromatic rings. The molecule has 98 valence electrons. The first-order valence-electron chi connectivity index (χ1n) is 5.35. The second kappa shape index (κ2) is 5.79. The number of nitrogens with two attached hydrogens (primary N) is 1. The van der Waals surface area contributed by atoms with Gasteiger partial charge in [0.25, 0.3) is 5.91 Å². The van der Waals surface area contributed by atoms with Crippen LogP contribution in [0.2, 0.25) is 5.15 Å². The van der Waals surface area contributed by atoms with Gasteiger partial charge in [0.15, 0.2) is 5.78 Å². The highest BCUT2D eigenvalue weighted by Crippen LogP contribution is 2.24. The largest absolute Gasteiger partial charge is 0.382 e. The lowest BCUT2D eigenvalue weighted by atomic mass is 10.1. The highest BCUT2D eigenvalue weighted by atomic mass is 35.5. The van der Waals surface area contributed by atoms with Crippen LogP contribution in [0.25, 0.3) is 0 Å². The fourth-order valence-electron chi connectivity index (χ4n) is 1.50. The number of anilines is 1. The first-order chi connectivity index (χ1) is 8.36. The van der Waals surface area contributed by atoms with E-state index in [-0.39, 0.29) is 28.2 Å². The Balaban J connectivity index is 3.47. The van der Waals surface area contributed by atoms with Crippen LogP contribution >= 0.6 is 11.6 Å². The van der Waals surface area contributed by atoms with Crippen molar-refractivity contribution in [2.45, 2.75) is 26.8 Å². The van der Waals surface area contributed by atoms with Crippen LogP contribution in [0.5, 0.6) is 0 Å². The topological polar surface area (TPSA) is 97.1 Å². The summed E-state index contributed by atoms with van der Waals surface area (Å²) in [6.07, 6.45) is 0. The van der Waals surface area contributed by atoms with E-state index < -0.39 is 5.91 Å². The number of nitrogens with zero attached hydrogens (tertiary/aromatic N) is 1. The Hall–Kier alpha value is -1.66. The minimum atomic E-state index is -0.590. The number of Topliss-reactive ketones (excluding diaryl/α,β-unsaturated/α-hetero) is 1. The summed E-state index contributed by atoms with van der Waals surface area (Å²) in [5.74, 6) is 4.16. The standard InChI is InChI=1S/C11H15ClN4O2/c1-5(2)14-7-4-8(12)15-10(6(3)17)9(7)11(18)16-13/h4-5H,13H2,1-3H3,(H,14,15)(H,16,18). The third-order valence-corrected chi connectivity index (χ3v) is 2.32. The maximum absolute atomic E-state index is 11.7. The number of ketones is 1. The summed E-state index contributed by atoms with van der Waals surface area (Å²) >= 11 is 5.83. The van der Waals surface area contributed by atoms with Crippen LogP contribution in [0, 0.1) is 0 Å². The zero-order valence-electron chi connectivity index (χ0n) is 10.4. The molecule has 4 N–H and O–H groups in total. The average Bonchev–Trinajstić information content (AvgIpc) is 2.26. The number of amides is 1. The first kappa shape index (κ1) is 14.4. The summed E-state index contributed by atoms with van der Waals surface area (Å²) in [6.45, 7) is 5.10. The van der Waals surface area contributed by atoms with Crippen molar-refractivity contribution in [1.29, 1.82) is 0 Å². The fraction of sp³-hybridized carbons (Fsp3) is 0.364. The molecule has 0 aliphatic carbocycles. The summed E-state index contributed by atoms with van der Waals surface area (Å²) in [5, 5.41) is 3.17. The average molecular weight is 271 g/mol. The summed E-state index contributed by atoms with van der Waals surface area (Å²) < 4.78 is 0. The summed E-state index contributed by atoms with van der Waals surface area (Å²) in [7, 11) is 0. The first-order valence-corrected chi connectivity index (χ1v) is 5.73. The molecule has 0 radical (unpaired) electrons. The van der Waals surface area contributed by atoms with Crippen molar-refractivity contribution < 1.29 is 9.59 Å². The van der Waals surface area contributed by atoms with E-state index in [2.05, 4.69) is 10.3 Å². The van der Waals surface area contributed by atoms with Gasteiger partial charge in [-0.25, -0.2) is 10.8 Å². The Bertz CT molecular complexity index is 488. The number of carbonyl (C=O) groups is 2. The summed E-state index contributed by atoms with van der Waals surface area (Å²) in [6, 6.07) is 1.55. The van der Waals surface area contributed by atoms with Crippen molar-refractivity contribution in [2.75, 3.05) is 5.32 Å². The molecule has 0 aliphatic heterocycles. The zero-order valence-corrected chi connectivity index (χ0v) is 11.1. The van der Waals surface area contributed by atoms with Gasteiger partial charge in [0.05, 0.1) is 11.3 Å². The Kier molecular flexibility index (Phi) is 4.63. The van der Waals surface area contributed by atoms with Crippen LogP contribution in [0.1, 0.15) is 41.6 Å². The molecule has 18 heavy (non-hydrogen) atoms. The molecule has 0 spiro atoms. The third-order valence-electron chi connectivity index (χ3n) is 2.12. The summed E-state index contributed by atoms with van der Waals surface area (Å²) in [4.78, 5) is 27.1. The van der Waals surface area contributed by atoms with E-state index >= 15 is 0 Å². The minimum Gasteiger partial charge on any atom is -0.382 e. The van der Waals surface area contributed by atoms with E-state index in [1.54, 1.807) is 0 Å². The van der Waals surface area contributed by atoms with Gasteiger partial charge in [-0.1, -0.05) is 11.6 Å². The number of carbonyl (C=O) groups excluding carboxylic acids is 2. The normalized spacial score (nSPS) is 10.3. The van der Waals surface area contributed by atoms with Crippen molar-refractivity contribution in [3.05, 3.63) is 22.5 Å². The van der Waals surface area contributed by atoms with E-state index in [0.717, 1.165) is 0 Å². The Morgan fingerprint density at radius 3 is 2.50 bits per heavy atom. The zero-order chi connectivity index (χ0) is 13.9. The van der Waals surface area contributed by atoms with Crippen LogP contribution in [0.3, 0.4) is 0 Å². The molecular weight excluding hydrogens is 256 g/mol. The number of hydrogen-bond donors (Lipinski definition) is 3. The smallest absolute Gasteiger partial charge is 0.269 e. The quantitative estimate of drug-likeness (QED) is 0.252. The molecule has 0 unspecified atom stereocenters. The van der Waals surface area contributed by atoms with E-state index in [9.17, 15) is 9.59 Å². The molecule has 1 heterocycles. The van der Waals surface area contributed by atoms with Gasteiger partial charge in [-0.3, -0.25) is 15.0 Å². The predicted octanol–water partition coefficient (Wildman–Crippen LogP) is 1.36. The predicted molar refractivity (Wildman–Crippen MR) is 69.7 cm³/mol. The van der Waals surface area contributed by atoms with Gasteiger partial charge in [-0.2, -0.15) is 0 Å². The Morgan fingerprint density at radius 1 is 1.44 bits per heavy atom. The Morgan fingerprint density at radius 2 is 2.06 bits per heavy atom. The second-order valence-corrected chi connectivity index (χ2v) is 4.43. The number of nitrogen functional groups attached to an aromatic ring is 1. The second-order valence-electron chi connectivity index (χ2n) is 4.04. The number of nitrogens with one attached hydrogen (secondary N) is 2. The highest BCUT2D eigenvalue weighted by Gasteiger charge is 2.21. The lowest BCUT2D eigenvalue weighted by molar-refractivity contribution is 0.0937. The van der Waals surface area contributed by atoms with Crippen LogP contribution in [0.15, 0.2) is 6.07 Å². The van der Waals surface area contributed by atoms with E-state index in [0.29, 0.717) is 5.69 Å². The van der Waals surface area contributed by atoms with Crippen LogP contribution in [-0.2, 0) is 0 Å². The van der Waals surface area contributed by atoms with Crippen molar-refractivity contribution in [2.24, 2.45) is 5.84 Å². The van der Waals surface area contributed by atoms with Crippen molar-refractivity contribution in [3.8, 4) is 0 Å². The molecule has 0 aliphatic rings. The molecule has 0 saturated carbocycles. The number of hydrogen-bond acceptors (Lipinski definition) is 5. The molecule has 7 heteroatoms. The molecule has 1 aromatic heterocycles. The lowest BCUT2D eigenvalue weighted by Crippen LogP contribution is -2.32. The maximum Gasteiger partial charge on any atom is 0.269 e. The number of aromatic nitrogens is 1. The van der Waals surface area contributed by atoms with Gasteiger partial charge in [-0.05, 0) is 19.9 Å². The van der Waals surface area contributed by atoms with E-state index in [4.69, 9.17) is 17.4 Å². The van der Waals surface area contributed by atoms with Gasteiger partial charge in [0, 0.05) is 13.0 Å². The summed E-state index contributed by atoms with van der Waals surface area (Å²) in [5.41, 5.74) is 2.52. The van der Waals surface area contributed by atoms with E-state index in [1.807, 2.05) is 19.3 Å². The Labute approximate surface area is 110 Å². The minimum absolute atomic E-state index is 0.00593. The molecule has 0 bridgehead atoms. The van der Waals surface area contributed by atoms with Crippen molar-refractivity contribution >= 4 is 29.0 Å². The van der Waals surface area contributed by atoms with Crippen LogP contribution in [0.4, 0.5) is 5.69 Å². The van der Waals surface area contributed by atoms with Gasteiger partial charge >= 0.3 is 0 Å². The molecular formula is C11H15ClN4O2. The van der Waals surface area contributed by atoms with E-state index in [1.165, 1.54) is 13.0 Å². The van der Waals surface area contributed by atoms with Gasteiger partial charge in [0.1, 0.15) is 10.8 Å². The molecule has 0 fully saturated rings. The highest BCUT2D eigenvalue weighted by molar-refractivity contribution is 6.30. The van der Waals surface area contributed by atoms with Crippen molar-refractivity contribution in [1.82, 2.24) is 10.4 Å². The molecule has 0 saturated heterocycles. The third kappa shape index (κ3) is 3.18. The fourth-order valence-corrected chi connectivity index (χ4v) is 1.69. The van der Waals surface area contributed by atoms with Crippen LogP contribution < -0.4 is 16.6 Å². The lowest BCUT2D eigenvalue weighted by Gasteiger charge is -2.16. The number of rotatable bonds is 4. The van der Waals surface area contributed by atoms with Gasteiger partial charge in [-0.15, -0.1) is 0 Å². The SMILES string of the molecule is CC(=O)c1nc(Cl)cc(NC(C)C)c1C(=O)NN.